The van der Waals surface area contributed by atoms with Crippen LogP contribution in [0.15, 0.2) is 0 Å². The summed E-state index contributed by atoms with van der Waals surface area (Å²) >= 11 is 0. The minimum absolute atomic E-state index is 0.258. The van der Waals surface area contributed by atoms with E-state index in [0.717, 1.165) is 25.7 Å². The smallest absolute Gasteiger partial charge is 0.200 e. The van der Waals surface area contributed by atoms with Crippen LogP contribution in [0.1, 0.15) is 39.0 Å². The zero-order valence-electron chi connectivity index (χ0n) is 6.95. The molecule has 65 valence electrons. The second-order valence-electron chi connectivity index (χ2n) is 3.48. The molecule has 1 aliphatic rings. The van der Waals surface area contributed by atoms with Crippen LogP contribution in [0.3, 0.4) is 0 Å². The van der Waals surface area contributed by atoms with Gasteiger partial charge in [0.25, 0.3) is 0 Å². The molecule has 2 heteroatoms. The molecule has 0 aromatic carbocycles. The van der Waals surface area contributed by atoms with Gasteiger partial charge < -0.3 is 0 Å². The minimum Gasteiger partial charge on any atom is -0.200 e. The first kappa shape index (κ1) is 8.95. The SMILES string of the molecule is CC([C](F)F)C1CCCCC1. The lowest BCUT2D eigenvalue weighted by molar-refractivity contribution is 0.143. The molecule has 0 heterocycles. The van der Waals surface area contributed by atoms with Crippen molar-refractivity contribution in [2.45, 2.75) is 39.0 Å². The first-order chi connectivity index (χ1) is 5.22. The van der Waals surface area contributed by atoms with Gasteiger partial charge in [-0.2, -0.15) is 8.78 Å². The van der Waals surface area contributed by atoms with Crippen molar-refractivity contribution in [3.8, 4) is 0 Å². The molecule has 1 aliphatic carbocycles. The number of hydrogen-bond donors (Lipinski definition) is 0. The van der Waals surface area contributed by atoms with Crippen molar-refractivity contribution < 1.29 is 8.78 Å². The molecule has 11 heavy (non-hydrogen) atoms. The molecule has 1 unspecified atom stereocenters. The Bertz CT molecular complexity index is 106. The van der Waals surface area contributed by atoms with E-state index in [0.29, 0.717) is 0 Å². The van der Waals surface area contributed by atoms with E-state index in [1.807, 2.05) is 0 Å². The Balaban J connectivity index is 2.32. The summed E-state index contributed by atoms with van der Waals surface area (Å²) in [6.45, 7) is 1.64. The van der Waals surface area contributed by atoms with Crippen LogP contribution < -0.4 is 0 Å². The van der Waals surface area contributed by atoms with Gasteiger partial charge in [-0.25, -0.2) is 0 Å². The molecule has 0 saturated heterocycles. The van der Waals surface area contributed by atoms with Gasteiger partial charge in [0.05, 0.1) is 0 Å². The second kappa shape index (κ2) is 4.03. The molecular formula is C9H15F2. The van der Waals surface area contributed by atoms with E-state index in [1.165, 1.54) is 6.42 Å². The van der Waals surface area contributed by atoms with E-state index in [4.69, 9.17) is 0 Å². The molecule has 1 rings (SSSR count). The summed E-state index contributed by atoms with van der Waals surface area (Å²) in [6.07, 6.45) is 4.13. The van der Waals surface area contributed by atoms with Gasteiger partial charge in [-0.05, 0) is 18.8 Å². The van der Waals surface area contributed by atoms with Gasteiger partial charge >= 0.3 is 6.43 Å². The summed E-state index contributed by atoms with van der Waals surface area (Å²) in [7, 11) is 0. The fourth-order valence-electron chi connectivity index (χ4n) is 1.81. The Morgan fingerprint density at radius 3 is 2.18 bits per heavy atom. The highest BCUT2D eigenvalue weighted by Crippen LogP contribution is 2.35. The highest BCUT2D eigenvalue weighted by molar-refractivity contribution is 4.79. The Morgan fingerprint density at radius 2 is 1.73 bits per heavy atom. The predicted octanol–water partition coefficient (Wildman–Crippen LogP) is 3.63. The van der Waals surface area contributed by atoms with Gasteiger partial charge in [0.15, 0.2) is 0 Å². The quantitative estimate of drug-likeness (QED) is 0.580. The van der Waals surface area contributed by atoms with E-state index in [9.17, 15) is 8.78 Å². The van der Waals surface area contributed by atoms with Gasteiger partial charge in [0.1, 0.15) is 0 Å². The molecule has 0 bridgehead atoms. The summed E-state index contributed by atoms with van der Waals surface area (Å²) in [5.41, 5.74) is 0. The molecule has 1 radical (unpaired) electrons. The van der Waals surface area contributed by atoms with Crippen molar-refractivity contribution in [3.63, 3.8) is 0 Å². The van der Waals surface area contributed by atoms with Gasteiger partial charge in [-0.1, -0.05) is 26.2 Å². The van der Waals surface area contributed by atoms with Crippen molar-refractivity contribution in [3.05, 3.63) is 6.43 Å². The van der Waals surface area contributed by atoms with E-state index in [2.05, 4.69) is 0 Å². The molecule has 0 nitrogen and oxygen atoms in total. The first-order valence-corrected chi connectivity index (χ1v) is 4.39. The van der Waals surface area contributed by atoms with Crippen LogP contribution in [0, 0.1) is 18.3 Å². The van der Waals surface area contributed by atoms with E-state index in [-0.39, 0.29) is 5.92 Å². The van der Waals surface area contributed by atoms with Crippen molar-refractivity contribution in [1.29, 1.82) is 0 Å². The summed E-state index contributed by atoms with van der Waals surface area (Å²) in [5.74, 6) is -0.205. The maximum absolute atomic E-state index is 12.1. The first-order valence-electron chi connectivity index (χ1n) is 4.39. The maximum Gasteiger partial charge on any atom is 0.313 e. The summed E-state index contributed by atoms with van der Waals surface area (Å²) in [6, 6.07) is 0. The van der Waals surface area contributed by atoms with Crippen molar-refractivity contribution in [2.24, 2.45) is 11.8 Å². The van der Waals surface area contributed by atoms with Crippen molar-refractivity contribution in [1.82, 2.24) is 0 Å². The lowest BCUT2D eigenvalue weighted by atomic mass is 9.81. The predicted molar refractivity (Wildman–Crippen MR) is 41.2 cm³/mol. The third kappa shape index (κ3) is 2.42. The zero-order chi connectivity index (χ0) is 8.27. The summed E-state index contributed by atoms with van der Waals surface area (Å²) < 4.78 is 24.3. The van der Waals surface area contributed by atoms with Gasteiger partial charge in [-0.3, -0.25) is 0 Å². The third-order valence-corrected chi connectivity index (χ3v) is 2.70. The normalized spacial score (nSPS) is 24.0. The molecule has 1 atom stereocenters. The van der Waals surface area contributed by atoms with Crippen LogP contribution in [0.25, 0.3) is 0 Å². The number of hydrogen-bond acceptors (Lipinski definition) is 0. The maximum atomic E-state index is 12.1. The molecule has 0 aliphatic heterocycles. The summed E-state index contributed by atoms with van der Waals surface area (Å²) in [4.78, 5) is 0. The number of rotatable bonds is 2. The zero-order valence-corrected chi connectivity index (χ0v) is 6.95. The molecule has 0 aromatic heterocycles. The molecule has 0 aromatic rings. The molecule has 0 spiro atoms. The average molecular weight is 161 g/mol. The average Bonchev–Trinajstić information content (AvgIpc) is 2.05. The highest BCUT2D eigenvalue weighted by atomic mass is 19.3. The van der Waals surface area contributed by atoms with Crippen molar-refractivity contribution in [2.75, 3.05) is 0 Å². The van der Waals surface area contributed by atoms with Crippen LogP contribution in [-0.2, 0) is 0 Å². The standard InChI is InChI=1S/C9H15F2/c1-7(9(10)11)8-5-3-2-4-6-8/h7-8H,2-6H2,1H3. The Hall–Kier alpha value is -0.140. The van der Waals surface area contributed by atoms with Crippen LogP contribution in [0.2, 0.25) is 0 Å². The monoisotopic (exact) mass is 161 g/mol. The van der Waals surface area contributed by atoms with Gasteiger partial charge in [0.2, 0.25) is 0 Å². The van der Waals surface area contributed by atoms with Crippen LogP contribution in [-0.4, -0.2) is 0 Å². The molecule has 1 saturated carbocycles. The fourth-order valence-corrected chi connectivity index (χ4v) is 1.81. The second-order valence-corrected chi connectivity index (χ2v) is 3.48. The van der Waals surface area contributed by atoms with E-state index in [1.54, 1.807) is 6.92 Å². The number of halogens is 2. The lowest BCUT2D eigenvalue weighted by Gasteiger charge is -2.26. The Morgan fingerprint density at radius 1 is 1.18 bits per heavy atom. The Kier molecular flexibility index (Phi) is 3.28. The van der Waals surface area contributed by atoms with Crippen molar-refractivity contribution >= 4 is 0 Å². The Labute approximate surface area is 67.0 Å². The lowest BCUT2D eigenvalue weighted by Crippen LogP contribution is -2.17. The largest absolute Gasteiger partial charge is 0.313 e. The minimum atomic E-state index is -1.38. The van der Waals surface area contributed by atoms with E-state index >= 15 is 0 Å². The fraction of sp³-hybridized carbons (Fsp3) is 0.889. The van der Waals surface area contributed by atoms with E-state index < -0.39 is 12.3 Å². The van der Waals surface area contributed by atoms with Crippen LogP contribution in [0.4, 0.5) is 8.78 Å². The van der Waals surface area contributed by atoms with Gasteiger partial charge in [0, 0.05) is 5.92 Å². The highest BCUT2D eigenvalue weighted by Gasteiger charge is 2.27. The molecule has 0 N–H and O–H groups in total. The summed E-state index contributed by atoms with van der Waals surface area (Å²) in [5, 5.41) is 0. The molecule has 0 amide bonds. The molecular weight excluding hydrogens is 146 g/mol. The molecule has 1 fully saturated rings. The van der Waals surface area contributed by atoms with Crippen LogP contribution in [0.5, 0.6) is 0 Å². The topological polar surface area (TPSA) is 0 Å². The van der Waals surface area contributed by atoms with Crippen LogP contribution >= 0.6 is 0 Å². The third-order valence-electron chi connectivity index (χ3n) is 2.70. The van der Waals surface area contributed by atoms with Gasteiger partial charge in [-0.15, -0.1) is 0 Å².